The Morgan fingerprint density at radius 1 is 1.39 bits per heavy atom. The number of rotatable bonds is 4. The SMILES string of the molecule is CCC1CCC(S(=O)c2ccc(C(=O)O)o2)CC1. The molecule has 0 bridgehead atoms. The van der Waals surface area contributed by atoms with Gasteiger partial charge in [-0.2, -0.15) is 0 Å². The molecule has 0 radical (unpaired) electrons. The van der Waals surface area contributed by atoms with E-state index in [0.29, 0.717) is 5.09 Å². The maximum atomic E-state index is 12.3. The van der Waals surface area contributed by atoms with E-state index in [-0.39, 0.29) is 11.0 Å². The zero-order valence-electron chi connectivity index (χ0n) is 10.4. The molecule has 1 aliphatic rings. The summed E-state index contributed by atoms with van der Waals surface area (Å²) in [4.78, 5) is 10.7. The summed E-state index contributed by atoms with van der Waals surface area (Å²) >= 11 is 0. The fourth-order valence-corrected chi connectivity index (χ4v) is 3.86. The van der Waals surface area contributed by atoms with Crippen molar-refractivity contribution >= 4 is 16.8 Å². The lowest BCUT2D eigenvalue weighted by Crippen LogP contribution is -2.22. The molecule has 2 rings (SSSR count). The number of aromatic carboxylic acids is 1. The minimum Gasteiger partial charge on any atom is -0.475 e. The fourth-order valence-electron chi connectivity index (χ4n) is 2.46. The summed E-state index contributed by atoms with van der Waals surface area (Å²) in [5.74, 6) is -0.502. The van der Waals surface area contributed by atoms with Crippen LogP contribution in [0.4, 0.5) is 0 Å². The molecule has 18 heavy (non-hydrogen) atoms. The Hall–Kier alpha value is -1.10. The first-order valence-corrected chi connectivity index (χ1v) is 7.56. The van der Waals surface area contributed by atoms with Gasteiger partial charge in [0.15, 0.2) is 5.09 Å². The van der Waals surface area contributed by atoms with E-state index in [0.717, 1.165) is 31.6 Å². The summed E-state index contributed by atoms with van der Waals surface area (Å²) in [5, 5.41) is 9.17. The van der Waals surface area contributed by atoms with Crippen LogP contribution in [0.5, 0.6) is 0 Å². The lowest BCUT2D eigenvalue weighted by molar-refractivity contribution is 0.0656. The zero-order valence-corrected chi connectivity index (χ0v) is 11.2. The number of carbonyl (C=O) groups is 1. The molecule has 0 amide bonds. The average Bonchev–Trinajstić information content (AvgIpc) is 2.88. The quantitative estimate of drug-likeness (QED) is 0.913. The minimum atomic E-state index is -1.21. The van der Waals surface area contributed by atoms with E-state index in [1.807, 2.05) is 0 Å². The first-order chi connectivity index (χ1) is 8.61. The lowest BCUT2D eigenvalue weighted by atomic mass is 9.87. The van der Waals surface area contributed by atoms with Crippen molar-refractivity contribution in [1.82, 2.24) is 0 Å². The molecule has 0 spiro atoms. The van der Waals surface area contributed by atoms with Crippen LogP contribution in [0, 0.1) is 5.92 Å². The zero-order chi connectivity index (χ0) is 13.1. The lowest BCUT2D eigenvalue weighted by Gasteiger charge is -2.26. The molecule has 0 saturated heterocycles. The normalized spacial score (nSPS) is 25.8. The first-order valence-electron chi connectivity index (χ1n) is 6.35. The highest BCUT2D eigenvalue weighted by molar-refractivity contribution is 7.85. The van der Waals surface area contributed by atoms with E-state index >= 15 is 0 Å². The molecule has 1 aromatic rings. The van der Waals surface area contributed by atoms with Gasteiger partial charge in [-0.3, -0.25) is 4.21 Å². The standard InChI is InChI=1S/C13H18O4S/c1-2-9-3-5-10(6-4-9)18(16)12-8-7-11(17-12)13(14)15/h7-10H,2-6H2,1H3,(H,14,15). The van der Waals surface area contributed by atoms with E-state index in [1.54, 1.807) is 0 Å². The summed E-state index contributed by atoms with van der Waals surface area (Å²) in [5.41, 5.74) is 0. The van der Waals surface area contributed by atoms with Crippen molar-refractivity contribution in [3.05, 3.63) is 17.9 Å². The number of furan rings is 1. The number of carboxylic acids is 1. The van der Waals surface area contributed by atoms with Gasteiger partial charge in [-0.25, -0.2) is 4.79 Å². The van der Waals surface area contributed by atoms with Crippen LogP contribution in [0.3, 0.4) is 0 Å². The molecular weight excluding hydrogens is 252 g/mol. The second kappa shape index (κ2) is 5.69. The van der Waals surface area contributed by atoms with Gasteiger partial charge >= 0.3 is 5.97 Å². The molecule has 1 saturated carbocycles. The Labute approximate surface area is 109 Å². The van der Waals surface area contributed by atoms with Crippen LogP contribution < -0.4 is 0 Å². The van der Waals surface area contributed by atoms with Crippen molar-refractivity contribution in [2.75, 3.05) is 0 Å². The topological polar surface area (TPSA) is 67.5 Å². The Morgan fingerprint density at radius 2 is 2.06 bits per heavy atom. The molecule has 0 aromatic carbocycles. The van der Waals surface area contributed by atoms with Crippen LogP contribution >= 0.6 is 0 Å². The van der Waals surface area contributed by atoms with Crippen molar-refractivity contribution in [3.8, 4) is 0 Å². The third-order valence-corrected chi connectivity index (χ3v) is 5.36. The monoisotopic (exact) mass is 270 g/mol. The third-order valence-electron chi connectivity index (χ3n) is 3.66. The van der Waals surface area contributed by atoms with Gasteiger partial charge < -0.3 is 9.52 Å². The first kappa shape index (κ1) is 13.3. The summed E-state index contributed by atoms with van der Waals surface area (Å²) in [6.45, 7) is 2.19. The highest BCUT2D eigenvalue weighted by Crippen LogP contribution is 2.31. The molecule has 1 aliphatic carbocycles. The largest absolute Gasteiger partial charge is 0.475 e. The molecule has 1 N–H and O–H groups in total. The van der Waals surface area contributed by atoms with Crippen LogP contribution in [-0.4, -0.2) is 20.5 Å². The maximum absolute atomic E-state index is 12.3. The Kier molecular flexibility index (Phi) is 4.22. The van der Waals surface area contributed by atoms with Gasteiger partial charge in [0.05, 0.1) is 10.8 Å². The average molecular weight is 270 g/mol. The maximum Gasteiger partial charge on any atom is 0.371 e. The summed E-state index contributed by atoms with van der Waals surface area (Å²) in [6.07, 6.45) is 5.28. The van der Waals surface area contributed by atoms with Crippen LogP contribution in [0.1, 0.15) is 49.6 Å². The van der Waals surface area contributed by atoms with Gasteiger partial charge in [0.25, 0.3) is 0 Å². The van der Waals surface area contributed by atoms with Crippen molar-refractivity contribution in [1.29, 1.82) is 0 Å². The van der Waals surface area contributed by atoms with Gasteiger partial charge in [0, 0.05) is 5.25 Å². The summed E-state index contributed by atoms with van der Waals surface area (Å²) in [7, 11) is -1.21. The molecule has 1 fully saturated rings. The predicted octanol–water partition coefficient (Wildman–Crippen LogP) is 3.05. The van der Waals surface area contributed by atoms with Crippen LogP contribution in [0.2, 0.25) is 0 Å². The van der Waals surface area contributed by atoms with Crippen LogP contribution in [0.25, 0.3) is 0 Å². The van der Waals surface area contributed by atoms with Crippen molar-refractivity contribution in [2.45, 2.75) is 49.4 Å². The van der Waals surface area contributed by atoms with E-state index in [9.17, 15) is 9.00 Å². The van der Waals surface area contributed by atoms with Gasteiger partial charge in [-0.05, 0) is 43.7 Å². The van der Waals surface area contributed by atoms with Crippen molar-refractivity contribution < 1.29 is 18.5 Å². The number of carboxylic acid groups (broad SMARTS) is 1. The molecule has 1 unspecified atom stereocenters. The van der Waals surface area contributed by atoms with Crippen LogP contribution in [-0.2, 0) is 10.8 Å². The van der Waals surface area contributed by atoms with Crippen molar-refractivity contribution in [3.63, 3.8) is 0 Å². The second-order valence-electron chi connectivity index (χ2n) is 4.77. The van der Waals surface area contributed by atoms with E-state index in [1.165, 1.54) is 18.6 Å². The predicted molar refractivity (Wildman–Crippen MR) is 68.1 cm³/mol. The van der Waals surface area contributed by atoms with Gasteiger partial charge in [-0.1, -0.05) is 13.3 Å². The third kappa shape index (κ3) is 2.83. The Balaban J connectivity index is 2.01. The van der Waals surface area contributed by atoms with Crippen molar-refractivity contribution in [2.24, 2.45) is 5.92 Å². The fraction of sp³-hybridized carbons (Fsp3) is 0.615. The summed E-state index contributed by atoms with van der Waals surface area (Å²) in [6, 6.07) is 2.89. The number of hydrogen-bond donors (Lipinski definition) is 1. The van der Waals surface area contributed by atoms with Crippen LogP contribution in [0.15, 0.2) is 21.6 Å². The summed E-state index contributed by atoms with van der Waals surface area (Å²) < 4.78 is 17.4. The van der Waals surface area contributed by atoms with E-state index in [4.69, 9.17) is 9.52 Å². The molecular formula is C13H18O4S. The molecule has 5 heteroatoms. The molecule has 100 valence electrons. The smallest absolute Gasteiger partial charge is 0.371 e. The Bertz CT molecular complexity index is 444. The highest BCUT2D eigenvalue weighted by atomic mass is 32.2. The number of hydrogen-bond acceptors (Lipinski definition) is 3. The second-order valence-corrected chi connectivity index (χ2v) is 6.44. The van der Waals surface area contributed by atoms with E-state index < -0.39 is 16.8 Å². The van der Waals surface area contributed by atoms with Gasteiger partial charge in [0.1, 0.15) is 0 Å². The minimum absolute atomic E-state index is 0.112. The van der Waals surface area contributed by atoms with E-state index in [2.05, 4.69) is 6.92 Å². The molecule has 1 heterocycles. The van der Waals surface area contributed by atoms with Gasteiger partial charge in [0.2, 0.25) is 5.76 Å². The molecule has 4 nitrogen and oxygen atoms in total. The van der Waals surface area contributed by atoms with Gasteiger partial charge in [-0.15, -0.1) is 0 Å². The highest BCUT2D eigenvalue weighted by Gasteiger charge is 2.27. The molecule has 1 atom stereocenters. The molecule has 0 aliphatic heterocycles. The Morgan fingerprint density at radius 3 is 2.56 bits per heavy atom. The molecule has 1 aromatic heterocycles.